The van der Waals surface area contributed by atoms with E-state index in [1.807, 2.05) is 43.0 Å². The molecule has 0 radical (unpaired) electrons. The van der Waals surface area contributed by atoms with Crippen molar-refractivity contribution in [1.29, 1.82) is 0 Å². The summed E-state index contributed by atoms with van der Waals surface area (Å²) in [5, 5.41) is 21.2. The predicted octanol–water partition coefficient (Wildman–Crippen LogP) is 3.30. The third-order valence-electron chi connectivity index (χ3n) is 5.78. The largest absolute Gasteiger partial charge is 0.393 e. The summed E-state index contributed by atoms with van der Waals surface area (Å²) >= 11 is 0. The van der Waals surface area contributed by atoms with E-state index in [4.69, 9.17) is 9.84 Å². The number of rotatable bonds is 7. The quantitative estimate of drug-likeness (QED) is 0.550. The van der Waals surface area contributed by atoms with E-state index in [1.54, 1.807) is 7.11 Å². The Morgan fingerprint density at radius 2 is 2.03 bits per heavy atom. The molecule has 0 amide bonds. The molecule has 3 aromatic heterocycles. The average molecular weight is 411 g/mol. The van der Waals surface area contributed by atoms with Crippen molar-refractivity contribution in [2.45, 2.75) is 50.7 Å². The van der Waals surface area contributed by atoms with E-state index < -0.39 is 0 Å². The minimum atomic E-state index is -0.188. The van der Waals surface area contributed by atoms with Crippen molar-refractivity contribution in [2.75, 3.05) is 31.4 Å². The number of nitrogens with zero attached hydrogens (tertiary/aromatic N) is 4. The molecule has 0 bridgehead atoms. The Morgan fingerprint density at radius 1 is 1.23 bits per heavy atom. The second-order valence-electron chi connectivity index (χ2n) is 8.05. The molecule has 30 heavy (non-hydrogen) atoms. The number of nitrogens with one attached hydrogen (secondary N) is 2. The lowest BCUT2D eigenvalue weighted by atomic mass is 9.85. The van der Waals surface area contributed by atoms with E-state index >= 15 is 0 Å². The maximum Gasteiger partial charge on any atom is 0.241 e. The molecule has 4 rings (SSSR count). The highest BCUT2D eigenvalue weighted by molar-refractivity contribution is 5.82. The van der Waals surface area contributed by atoms with E-state index in [-0.39, 0.29) is 12.1 Å². The molecule has 0 spiro atoms. The third kappa shape index (κ3) is 4.24. The second-order valence-corrected chi connectivity index (χ2v) is 8.05. The minimum absolute atomic E-state index is 0.106. The van der Waals surface area contributed by atoms with Gasteiger partial charge in [-0.3, -0.25) is 0 Å². The fraction of sp³-hybridized carbons (Fsp3) is 0.500. The van der Waals surface area contributed by atoms with Crippen LogP contribution in [0.3, 0.4) is 0 Å². The first-order valence-electron chi connectivity index (χ1n) is 10.6. The molecule has 3 N–H and O–H groups in total. The van der Waals surface area contributed by atoms with E-state index in [9.17, 15) is 5.11 Å². The molecule has 8 heteroatoms. The van der Waals surface area contributed by atoms with Gasteiger partial charge in [0, 0.05) is 43.6 Å². The number of pyridine rings is 1. The Morgan fingerprint density at radius 3 is 2.77 bits per heavy atom. The first kappa shape index (κ1) is 20.6. The van der Waals surface area contributed by atoms with Gasteiger partial charge in [-0.15, -0.1) is 5.10 Å². The number of methoxy groups -OCH3 is 1. The summed E-state index contributed by atoms with van der Waals surface area (Å²) < 4.78 is 7.24. The number of hydrogen-bond donors (Lipinski definition) is 3. The Kier molecular flexibility index (Phi) is 6.15. The molecule has 8 nitrogen and oxygen atoms in total. The molecule has 0 saturated heterocycles. The summed E-state index contributed by atoms with van der Waals surface area (Å²) in [4.78, 5) is 8.89. The van der Waals surface area contributed by atoms with Gasteiger partial charge >= 0.3 is 0 Å². The monoisotopic (exact) mass is 410 g/mol. The van der Waals surface area contributed by atoms with Gasteiger partial charge in [-0.2, -0.15) is 0 Å². The van der Waals surface area contributed by atoms with Crippen LogP contribution in [-0.4, -0.2) is 57.6 Å². The number of hydrogen-bond acceptors (Lipinski definition) is 7. The second kappa shape index (κ2) is 8.97. The SMILES string of the molecule is CNc1cc(-c2cc(C3CCC(O)CC3)n3nc(N[C@@H](C)COC)ncc23)ccn1. The summed E-state index contributed by atoms with van der Waals surface area (Å²) in [6.45, 7) is 2.62. The number of aromatic nitrogens is 4. The van der Waals surface area contributed by atoms with Crippen molar-refractivity contribution in [3.05, 3.63) is 36.3 Å². The van der Waals surface area contributed by atoms with Gasteiger partial charge < -0.3 is 20.5 Å². The van der Waals surface area contributed by atoms with Crippen LogP contribution in [0.2, 0.25) is 0 Å². The molecule has 160 valence electrons. The lowest BCUT2D eigenvalue weighted by molar-refractivity contribution is 0.121. The molecule has 1 aliphatic carbocycles. The van der Waals surface area contributed by atoms with Gasteiger partial charge in [0.15, 0.2) is 0 Å². The normalized spacial score (nSPS) is 20.3. The smallest absolute Gasteiger partial charge is 0.241 e. The Hall–Kier alpha value is -2.71. The standard InChI is InChI=1S/C22H30N6O2/c1-14(13-30-3)26-22-25-12-20-18(16-8-9-24-21(10-16)23-2)11-19(28(20)27-22)15-4-6-17(29)7-5-15/h8-12,14-15,17,29H,4-7,13H2,1-3H3,(H,23,24)(H,26,27)/t14-,15?,17?/m0/s1. The van der Waals surface area contributed by atoms with E-state index in [1.165, 1.54) is 5.69 Å². The Bertz CT molecular complexity index is 996. The third-order valence-corrected chi connectivity index (χ3v) is 5.78. The Balaban J connectivity index is 1.78. The first-order valence-corrected chi connectivity index (χ1v) is 10.6. The number of aliphatic hydroxyl groups is 1. The van der Waals surface area contributed by atoms with Crippen molar-refractivity contribution < 1.29 is 9.84 Å². The van der Waals surface area contributed by atoms with Crippen molar-refractivity contribution in [2.24, 2.45) is 0 Å². The fourth-order valence-corrected chi connectivity index (χ4v) is 4.22. The number of fused-ring (bicyclic) bond motifs is 1. The van der Waals surface area contributed by atoms with Crippen LogP contribution in [-0.2, 0) is 4.74 Å². The van der Waals surface area contributed by atoms with Crippen LogP contribution in [0.15, 0.2) is 30.6 Å². The van der Waals surface area contributed by atoms with Gasteiger partial charge in [-0.1, -0.05) is 0 Å². The average Bonchev–Trinajstić information content (AvgIpc) is 3.13. The predicted molar refractivity (Wildman–Crippen MR) is 118 cm³/mol. The Labute approximate surface area is 176 Å². The fourth-order valence-electron chi connectivity index (χ4n) is 4.22. The van der Waals surface area contributed by atoms with Crippen LogP contribution in [0.4, 0.5) is 11.8 Å². The van der Waals surface area contributed by atoms with Gasteiger partial charge in [0.1, 0.15) is 5.82 Å². The molecule has 1 aliphatic rings. The van der Waals surface area contributed by atoms with Gasteiger partial charge in [0.2, 0.25) is 5.95 Å². The maximum absolute atomic E-state index is 9.95. The molecule has 1 fully saturated rings. The van der Waals surface area contributed by atoms with E-state index in [2.05, 4.69) is 26.7 Å². The number of anilines is 2. The molecular formula is C22H30N6O2. The van der Waals surface area contributed by atoms with Crippen molar-refractivity contribution in [1.82, 2.24) is 19.6 Å². The lowest BCUT2D eigenvalue weighted by Gasteiger charge is -2.25. The highest BCUT2D eigenvalue weighted by Crippen LogP contribution is 2.37. The van der Waals surface area contributed by atoms with E-state index in [0.717, 1.165) is 48.1 Å². The summed E-state index contributed by atoms with van der Waals surface area (Å²) in [5.41, 5.74) is 4.30. The van der Waals surface area contributed by atoms with Crippen LogP contribution in [0.25, 0.3) is 16.6 Å². The zero-order valence-electron chi connectivity index (χ0n) is 17.8. The van der Waals surface area contributed by atoms with Crippen LogP contribution in [0.1, 0.15) is 44.2 Å². The summed E-state index contributed by atoms with van der Waals surface area (Å²) in [6, 6.07) is 6.38. The summed E-state index contributed by atoms with van der Waals surface area (Å²) in [6.07, 6.45) is 7.07. The van der Waals surface area contributed by atoms with Crippen LogP contribution >= 0.6 is 0 Å². The van der Waals surface area contributed by atoms with Crippen molar-refractivity contribution in [3.63, 3.8) is 0 Å². The van der Waals surface area contributed by atoms with E-state index in [0.29, 0.717) is 18.5 Å². The molecule has 3 heterocycles. The van der Waals surface area contributed by atoms with Gasteiger partial charge in [0.25, 0.3) is 0 Å². The van der Waals surface area contributed by atoms with Gasteiger partial charge in [-0.05, 0) is 56.4 Å². The number of aliphatic hydroxyl groups excluding tert-OH is 1. The maximum atomic E-state index is 9.95. The van der Waals surface area contributed by atoms with Crippen LogP contribution in [0, 0.1) is 0 Å². The minimum Gasteiger partial charge on any atom is -0.393 e. The first-order chi connectivity index (χ1) is 14.6. The van der Waals surface area contributed by atoms with Crippen LogP contribution < -0.4 is 10.6 Å². The molecule has 0 aliphatic heterocycles. The van der Waals surface area contributed by atoms with Crippen molar-refractivity contribution >= 4 is 17.3 Å². The van der Waals surface area contributed by atoms with Gasteiger partial charge in [0.05, 0.1) is 24.4 Å². The molecule has 0 aromatic carbocycles. The molecule has 1 atom stereocenters. The number of ether oxygens (including phenoxy) is 1. The lowest BCUT2D eigenvalue weighted by Crippen LogP contribution is -2.23. The summed E-state index contributed by atoms with van der Waals surface area (Å²) in [7, 11) is 3.55. The summed E-state index contributed by atoms with van der Waals surface area (Å²) in [5.74, 6) is 1.76. The topological polar surface area (TPSA) is 96.6 Å². The highest BCUT2D eigenvalue weighted by atomic mass is 16.5. The van der Waals surface area contributed by atoms with Gasteiger partial charge in [-0.25, -0.2) is 14.5 Å². The molecular weight excluding hydrogens is 380 g/mol. The zero-order valence-corrected chi connectivity index (χ0v) is 17.8. The molecule has 0 unspecified atom stereocenters. The molecule has 3 aromatic rings. The van der Waals surface area contributed by atoms with Crippen molar-refractivity contribution in [3.8, 4) is 11.1 Å². The highest BCUT2D eigenvalue weighted by Gasteiger charge is 2.25. The molecule has 1 saturated carbocycles. The van der Waals surface area contributed by atoms with Crippen LogP contribution in [0.5, 0.6) is 0 Å². The zero-order chi connectivity index (χ0) is 21.1.